The van der Waals surface area contributed by atoms with Gasteiger partial charge in [0.2, 0.25) is 5.91 Å². The molecule has 0 saturated carbocycles. The number of hydrogen-bond acceptors (Lipinski definition) is 4. The van der Waals surface area contributed by atoms with Gasteiger partial charge in [0.05, 0.1) is 5.02 Å². The van der Waals surface area contributed by atoms with Crippen molar-refractivity contribution < 1.29 is 9.59 Å². The molecule has 2 rings (SSSR count). The summed E-state index contributed by atoms with van der Waals surface area (Å²) in [6.07, 6.45) is 1.24. The summed E-state index contributed by atoms with van der Waals surface area (Å²) in [5.74, 6) is 0.250. The van der Waals surface area contributed by atoms with Gasteiger partial charge in [0.25, 0.3) is 5.91 Å². The van der Waals surface area contributed by atoms with Crippen LogP contribution in [-0.2, 0) is 4.79 Å². The molecule has 1 fully saturated rings. The first-order valence-electron chi connectivity index (χ1n) is 6.02. The number of nitrogens with zero attached hydrogens (tertiary/aromatic N) is 1. The molecule has 0 bridgehead atoms. The van der Waals surface area contributed by atoms with Crippen LogP contribution >= 0.6 is 11.6 Å². The molecule has 1 aliphatic heterocycles. The minimum Gasteiger partial charge on any atom is -0.373 e. The van der Waals surface area contributed by atoms with Crippen molar-refractivity contribution in [1.82, 2.24) is 15.6 Å². The second kappa shape index (κ2) is 5.88. The molecule has 0 aliphatic carbocycles. The third kappa shape index (κ3) is 3.35. The Labute approximate surface area is 115 Å². The summed E-state index contributed by atoms with van der Waals surface area (Å²) in [6.45, 7) is 0.381. The quantitative estimate of drug-likeness (QED) is 0.762. The Morgan fingerprint density at radius 1 is 1.58 bits per heavy atom. The van der Waals surface area contributed by atoms with Crippen molar-refractivity contribution in [3.05, 3.63) is 22.8 Å². The molecule has 1 saturated heterocycles. The summed E-state index contributed by atoms with van der Waals surface area (Å²) in [4.78, 5) is 27.1. The maximum Gasteiger partial charge on any atom is 0.271 e. The number of halogens is 1. The van der Waals surface area contributed by atoms with E-state index < -0.39 is 0 Å². The number of carbonyl (C=O) groups is 2. The Morgan fingerprint density at radius 3 is 3.00 bits per heavy atom. The van der Waals surface area contributed by atoms with Gasteiger partial charge in [-0.05, 0) is 18.6 Å². The van der Waals surface area contributed by atoms with Gasteiger partial charge in [-0.1, -0.05) is 11.6 Å². The molecule has 7 heteroatoms. The van der Waals surface area contributed by atoms with E-state index in [0.717, 1.165) is 6.42 Å². The SMILES string of the molecule is CNc1ccc(Cl)c(C(=O)NCC2CCC(=O)N2)n1. The highest BCUT2D eigenvalue weighted by molar-refractivity contribution is 6.33. The maximum absolute atomic E-state index is 12.0. The molecule has 1 aromatic rings. The molecule has 2 amide bonds. The average Bonchev–Trinajstić information content (AvgIpc) is 2.82. The van der Waals surface area contributed by atoms with Crippen LogP contribution in [0.4, 0.5) is 5.82 Å². The molecule has 0 aromatic carbocycles. The van der Waals surface area contributed by atoms with E-state index in [1.807, 2.05) is 0 Å². The zero-order valence-electron chi connectivity index (χ0n) is 10.5. The molecule has 2 heterocycles. The Kier molecular flexibility index (Phi) is 4.21. The van der Waals surface area contributed by atoms with Gasteiger partial charge in [0, 0.05) is 26.1 Å². The molecule has 102 valence electrons. The first-order chi connectivity index (χ1) is 9.10. The van der Waals surface area contributed by atoms with Gasteiger partial charge in [-0.15, -0.1) is 0 Å². The van der Waals surface area contributed by atoms with Crippen LogP contribution in [0.2, 0.25) is 5.02 Å². The number of nitrogens with one attached hydrogen (secondary N) is 3. The van der Waals surface area contributed by atoms with E-state index in [0.29, 0.717) is 23.8 Å². The van der Waals surface area contributed by atoms with Crippen LogP contribution in [0.25, 0.3) is 0 Å². The van der Waals surface area contributed by atoms with Gasteiger partial charge >= 0.3 is 0 Å². The van der Waals surface area contributed by atoms with Gasteiger partial charge in [0.15, 0.2) is 0 Å². The molecule has 0 spiro atoms. The number of hydrogen-bond donors (Lipinski definition) is 3. The van der Waals surface area contributed by atoms with Crippen LogP contribution in [-0.4, -0.2) is 36.4 Å². The minimum absolute atomic E-state index is 0.0114. The summed E-state index contributed by atoms with van der Waals surface area (Å²) in [7, 11) is 1.71. The molecular weight excluding hydrogens is 268 g/mol. The third-order valence-electron chi connectivity index (χ3n) is 2.91. The molecular formula is C12H15ClN4O2. The molecule has 1 unspecified atom stereocenters. The van der Waals surface area contributed by atoms with Gasteiger partial charge in [0.1, 0.15) is 11.5 Å². The summed E-state index contributed by atoms with van der Waals surface area (Å²) in [6, 6.07) is 3.30. The number of rotatable bonds is 4. The van der Waals surface area contributed by atoms with E-state index in [2.05, 4.69) is 20.9 Å². The maximum atomic E-state index is 12.0. The van der Waals surface area contributed by atoms with Crippen molar-refractivity contribution in [1.29, 1.82) is 0 Å². The first kappa shape index (κ1) is 13.6. The molecule has 6 nitrogen and oxygen atoms in total. The van der Waals surface area contributed by atoms with Crippen molar-refractivity contribution in [3.63, 3.8) is 0 Å². The number of aromatic nitrogens is 1. The smallest absolute Gasteiger partial charge is 0.271 e. The highest BCUT2D eigenvalue weighted by Crippen LogP contribution is 2.16. The fraction of sp³-hybridized carbons (Fsp3) is 0.417. The molecule has 1 aromatic heterocycles. The van der Waals surface area contributed by atoms with Crippen LogP contribution in [0.15, 0.2) is 12.1 Å². The zero-order valence-corrected chi connectivity index (χ0v) is 11.3. The van der Waals surface area contributed by atoms with Gasteiger partial charge < -0.3 is 16.0 Å². The predicted octanol–water partition coefficient (Wildman–Crippen LogP) is 0.785. The molecule has 0 radical (unpaired) electrons. The Balaban J connectivity index is 1.97. The van der Waals surface area contributed by atoms with E-state index in [-0.39, 0.29) is 23.6 Å². The normalized spacial score (nSPS) is 18.0. The predicted molar refractivity (Wildman–Crippen MR) is 72.3 cm³/mol. The second-order valence-corrected chi connectivity index (χ2v) is 4.70. The van der Waals surface area contributed by atoms with E-state index in [9.17, 15) is 9.59 Å². The number of carbonyl (C=O) groups excluding carboxylic acids is 2. The van der Waals surface area contributed by atoms with E-state index in [1.54, 1.807) is 19.2 Å². The van der Waals surface area contributed by atoms with E-state index in [1.165, 1.54) is 0 Å². The van der Waals surface area contributed by atoms with Crippen LogP contribution in [0, 0.1) is 0 Å². The van der Waals surface area contributed by atoms with Crippen LogP contribution in [0.5, 0.6) is 0 Å². The van der Waals surface area contributed by atoms with E-state index >= 15 is 0 Å². The van der Waals surface area contributed by atoms with Crippen LogP contribution in [0.1, 0.15) is 23.3 Å². The molecule has 1 atom stereocenters. The summed E-state index contributed by atoms with van der Waals surface area (Å²) < 4.78 is 0. The van der Waals surface area contributed by atoms with Gasteiger partial charge in [-0.2, -0.15) is 0 Å². The summed E-state index contributed by atoms with van der Waals surface area (Å²) in [5.41, 5.74) is 0.179. The first-order valence-corrected chi connectivity index (χ1v) is 6.40. The van der Waals surface area contributed by atoms with Crippen LogP contribution < -0.4 is 16.0 Å². The van der Waals surface area contributed by atoms with Crippen molar-refractivity contribution in [2.75, 3.05) is 18.9 Å². The van der Waals surface area contributed by atoms with Crippen molar-refractivity contribution in [2.24, 2.45) is 0 Å². The third-order valence-corrected chi connectivity index (χ3v) is 3.22. The average molecular weight is 283 g/mol. The lowest BCUT2D eigenvalue weighted by molar-refractivity contribution is -0.119. The molecule has 3 N–H and O–H groups in total. The standard InChI is InChI=1S/C12H15ClN4O2/c1-14-9-4-3-8(13)11(17-9)12(19)15-6-7-2-5-10(18)16-7/h3-4,7H,2,5-6H2,1H3,(H,14,17)(H,15,19)(H,16,18). The minimum atomic E-state index is -0.344. The number of pyridine rings is 1. The van der Waals surface area contributed by atoms with Crippen molar-refractivity contribution in [3.8, 4) is 0 Å². The lowest BCUT2D eigenvalue weighted by atomic mass is 10.2. The Bertz CT molecular complexity index is 507. The zero-order chi connectivity index (χ0) is 13.8. The Hall–Kier alpha value is -1.82. The topological polar surface area (TPSA) is 83.1 Å². The van der Waals surface area contributed by atoms with Crippen molar-refractivity contribution in [2.45, 2.75) is 18.9 Å². The fourth-order valence-corrected chi connectivity index (χ4v) is 2.06. The fourth-order valence-electron chi connectivity index (χ4n) is 1.87. The monoisotopic (exact) mass is 282 g/mol. The lowest BCUT2D eigenvalue weighted by Crippen LogP contribution is -2.38. The van der Waals surface area contributed by atoms with Gasteiger partial charge in [-0.25, -0.2) is 4.98 Å². The highest BCUT2D eigenvalue weighted by atomic mass is 35.5. The number of amides is 2. The Morgan fingerprint density at radius 2 is 2.37 bits per heavy atom. The summed E-state index contributed by atoms with van der Waals surface area (Å²) >= 11 is 5.95. The molecule has 1 aliphatic rings. The lowest BCUT2D eigenvalue weighted by Gasteiger charge is -2.12. The summed E-state index contributed by atoms with van der Waals surface area (Å²) in [5, 5.41) is 8.65. The number of anilines is 1. The van der Waals surface area contributed by atoms with Gasteiger partial charge in [-0.3, -0.25) is 9.59 Å². The van der Waals surface area contributed by atoms with Crippen molar-refractivity contribution >= 4 is 29.2 Å². The molecule has 19 heavy (non-hydrogen) atoms. The van der Waals surface area contributed by atoms with Crippen LogP contribution in [0.3, 0.4) is 0 Å². The van der Waals surface area contributed by atoms with E-state index in [4.69, 9.17) is 11.6 Å². The highest BCUT2D eigenvalue weighted by Gasteiger charge is 2.22. The second-order valence-electron chi connectivity index (χ2n) is 4.29. The largest absolute Gasteiger partial charge is 0.373 e.